The number of nitrogens with two attached hydrogens (primary N) is 1. The van der Waals surface area contributed by atoms with E-state index in [4.69, 9.17) is 18.0 Å². The highest BCUT2D eigenvalue weighted by Gasteiger charge is 2.45. The number of carbonyl (C=O) groups excluding carboxylic acids is 1. The average molecular weight is 276 g/mol. The Hall–Kier alpha value is -1.42. The van der Waals surface area contributed by atoms with Gasteiger partial charge in [0.05, 0.1) is 10.4 Å². The van der Waals surface area contributed by atoms with E-state index in [1.807, 2.05) is 38.2 Å². The van der Waals surface area contributed by atoms with E-state index in [0.29, 0.717) is 4.99 Å². The van der Waals surface area contributed by atoms with Gasteiger partial charge < -0.3 is 10.6 Å². The summed E-state index contributed by atoms with van der Waals surface area (Å²) in [6, 6.07) is 7.86. The van der Waals surface area contributed by atoms with Crippen LogP contribution < -0.4 is 10.6 Å². The number of hydrogen-bond acceptors (Lipinski definition) is 2. The van der Waals surface area contributed by atoms with Crippen molar-refractivity contribution in [3.05, 3.63) is 29.8 Å². The van der Waals surface area contributed by atoms with Crippen LogP contribution in [0.1, 0.15) is 31.2 Å². The van der Waals surface area contributed by atoms with Gasteiger partial charge in [-0.2, -0.15) is 0 Å². The van der Waals surface area contributed by atoms with Crippen molar-refractivity contribution in [2.24, 2.45) is 11.1 Å². The number of para-hydroxylation sites is 1. The lowest BCUT2D eigenvalue weighted by Gasteiger charge is -2.32. The Morgan fingerprint density at radius 1 is 1.32 bits per heavy atom. The molecular weight excluding hydrogens is 256 g/mol. The maximum Gasteiger partial charge on any atom is 0.239 e. The van der Waals surface area contributed by atoms with Crippen molar-refractivity contribution in [2.45, 2.75) is 32.6 Å². The van der Waals surface area contributed by atoms with Gasteiger partial charge in [0.25, 0.3) is 0 Å². The molecule has 102 valence electrons. The predicted molar refractivity (Wildman–Crippen MR) is 82.3 cm³/mol. The summed E-state index contributed by atoms with van der Waals surface area (Å²) < 4.78 is 0. The van der Waals surface area contributed by atoms with E-state index < -0.39 is 5.41 Å². The lowest BCUT2D eigenvalue weighted by Crippen LogP contribution is -2.48. The Morgan fingerprint density at radius 3 is 2.42 bits per heavy atom. The second-order valence-corrected chi connectivity index (χ2v) is 5.74. The normalized spacial score (nSPS) is 17.2. The third-order valence-electron chi connectivity index (χ3n) is 4.12. The zero-order chi connectivity index (χ0) is 14.0. The third-order valence-corrected chi connectivity index (χ3v) is 4.51. The van der Waals surface area contributed by atoms with Gasteiger partial charge in [0.2, 0.25) is 5.91 Å². The number of carbonyl (C=O) groups is 1. The Balaban J connectivity index is 2.33. The predicted octanol–water partition coefficient (Wildman–Crippen LogP) is 2.80. The van der Waals surface area contributed by atoms with Crippen molar-refractivity contribution in [3.8, 4) is 0 Å². The molecule has 0 aromatic heterocycles. The fourth-order valence-corrected chi connectivity index (χ4v) is 3.21. The molecule has 1 amide bonds. The van der Waals surface area contributed by atoms with Crippen LogP contribution in [0.2, 0.25) is 0 Å². The number of benzene rings is 1. The van der Waals surface area contributed by atoms with Crippen LogP contribution in [0.15, 0.2) is 24.3 Å². The SMILES string of the molecule is Cc1ccccc1N(C)C(=O)C1(C(N)=S)CCCC1. The number of hydrogen-bond donors (Lipinski definition) is 1. The molecule has 0 radical (unpaired) electrons. The molecule has 1 aliphatic carbocycles. The summed E-state index contributed by atoms with van der Waals surface area (Å²) in [6.45, 7) is 2.00. The van der Waals surface area contributed by atoms with Gasteiger partial charge >= 0.3 is 0 Å². The highest BCUT2D eigenvalue weighted by molar-refractivity contribution is 7.80. The summed E-state index contributed by atoms with van der Waals surface area (Å²) in [5.41, 5.74) is 7.24. The fourth-order valence-electron chi connectivity index (χ4n) is 2.91. The van der Waals surface area contributed by atoms with Crippen molar-refractivity contribution in [1.82, 2.24) is 0 Å². The molecule has 0 bridgehead atoms. The van der Waals surface area contributed by atoms with E-state index in [-0.39, 0.29) is 5.91 Å². The molecule has 2 rings (SSSR count). The molecular formula is C15H20N2OS. The van der Waals surface area contributed by atoms with Gasteiger partial charge in [-0.15, -0.1) is 0 Å². The Bertz CT molecular complexity index is 507. The second kappa shape index (κ2) is 5.29. The Kier molecular flexibility index (Phi) is 3.90. The number of nitrogens with zero attached hydrogens (tertiary/aromatic N) is 1. The van der Waals surface area contributed by atoms with E-state index in [0.717, 1.165) is 36.9 Å². The van der Waals surface area contributed by atoms with E-state index in [9.17, 15) is 4.79 Å². The summed E-state index contributed by atoms with van der Waals surface area (Å²) >= 11 is 5.18. The first-order valence-corrected chi connectivity index (χ1v) is 7.03. The topological polar surface area (TPSA) is 46.3 Å². The molecule has 1 aliphatic rings. The number of rotatable bonds is 3. The van der Waals surface area contributed by atoms with Crippen molar-refractivity contribution in [3.63, 3.8) is 0 Å². The molecule has 1 aromatic rings. The maximum atomic E-state index is 12.8. The van der Waals surface area contributed by atoms with Crippen LogP contribution >= 0.6 is 12.2 Å². The minimum Gasteiger partial charge on any atom is -0.392 e. The first-order valence-electron chi connectivity index (χ1n) is 6.63. The van der Waals surface area contributed by atoms with Crippen molar-refractivity contribution < 1.29 is 4.79 Å². The zero-order valence-electron chi connectivity index (χ0n) is 11.5. The van der Waals surface area contributed by atoms with E-state index in [2.05, 4.69) is 0 Å². The van der Waals surface area contributed by atoms with Crippen LogP contribution in [-0.4, -0.2) is 17.9 Å². The molecule has 19 heavy (non-hydrogen) atoms. The second-order valence-electron chi connectivity index (χ2n) is 5.30. The first-order chi connectivity index (χ1) is 8.99. The maximum absolute atomic E-state index is 12.8. The van der Waals surface area contributed by atoms with Crippen LogP contribution in [0.3, 0.4) is 0 Å². The zero-order valence-corrected chi connectivity index (χ0v) is 12.3. The van der Waals surface area contributed by atoms with E-state index in [1.54, 1.807) is 4.90 Å². The highest BCUT2D eigenvalue weighted by atomic mass is 32.1. The molecule has 0 atom stereocenters. The summed E-state index contributed by atoms with van der Waals surface area (Å²) in [6.07, 6.45) is 3.59. The van der Waals surface area contributed by atoms with Gasteiger partial charge in [-0.1, -0.05) is 43.3 Å². The molecule has 2 N–H and O–H groups in total. The van der Waals surface area contributed by atoms with Gasteiger partial charge in [0.1, 0.15) is 0 Å². The average Bonchev–Trinajstić information content (AvgIpc) is 2.88. The minimum absolute atomic E-state index is 0.0341. The molecule has 1 aromatic carbocycles. The third kappa shape index (κ3) is 2.37. The van der Waals surface area contributed by atoms with Gasteiger partial charge in [0.15, 0.2) is 0 Å². The number of aryl methyl sites for hydroxylation is 1. The quantitative estimate of drug-likeness (QED) is 0.864. The van der Waals surface area contributed by atoms with Gasteiger partial charge in [-0.05, 0) is 31.4 Å². The standard InChI is InChI=1S/C15H20N2OS/c1-11-7-3-4-8-12(11)17(2)14(18)15(13(16)19)9-5-6-10-15/h3-4,7-8H,5-6,9-10H2,1-2H3,(H2,16,19). The summed E-state index contributed by atoms with van der Waals surface area (Å²) in [5.74, 6) is 0.0341. The summed E-state index contributed by atoms with van der Waals surface area (Å²) in [5, 5.41) is 0. The monoisotopic (exact) mass is 276 g/mol. The van der Waals surface area contributed by atoms with Crippen molar-refractivity contribution in [1.29, 1.82) is 0 Å². The smallest absolute Gasteiger partial charge is 0.239 e. The van der Waals surface area contributed by atoms with Crippen LogP contribution in [0.25, 0.3) is 0 Å². The van der Waals surface area contributed by atoms with E-state index >= 15 is 0 Å². The number of anilines is 1. The van der Waals surface area contributed by atoms with Gasteiger partial charge in [-0.25, -0.2) is 0 Å². The molecule has 0 unspecified atom stereocenters. The minimum atomic E-state index is -0.633. The molecule has 4 heteroatoms. The van der Waals surface area contributed by atoms with Crippen molar-refractivity contribution >= 4 is 28.8 Å². The number of amides is 1. The molecule has 1 saturated carbocycles. The highest BCUT2D eigenvalue weighted by Crippen LogP contribution is 2.41. The molecule has 0 spiro atoms. The Labute approximate surface area is 119 Å². The fraction of sp³-hybridized carbons (Fsp3) is 0.467. The molecule has 0 saturated heterocycles. The van der Waals surface area contributed by atoms with Crippen LogP contribution in [-0.2, 0) is 4.79 Å². The summed E-state index contributed by atoms with van der Waals surface area (Å²) in [4.78, 5) is 14.9. The molecule has 1 fully saturated rings. The Morgan fingerprint density at radius 2 is 1.89 bits per heavy atom. The molecule has 3 nitrogen and oxygen atoms in total. The van der Waals surface area contributed by atoms with Crippen molar-refractivity contribution in [2.75, 3.05) is 11.9 Å². The lowest BCUT2D eigenvalue weighted by molar-refractivity contribution is -0.124. The van der Waals surface area contributed by atoms with Crippen LogP contribution in [0.4, 0.5) is 5.69 Å². The summed E-state index contributed by atoms with van der Waals surface area (Å²) in [7, 11) is 1.81. The first kappa shape index (κ1) is 14.0. The van der Waals surface area contributed by atoms with Gasteiger partial charge in [-0.3, -0.25) is 4.79 Å². The van der Waals surface area contributed by atoms with Gasteiger partial charge in [0, 0.05) is 12.7 Å². The molecule has 0 heterocycles. The lowest BCUT2D eigenvalue weighted by atomic mass is 9.84. The molecule has 0 aliphatic heterocycles. The van der Waals surface area contributed by atoms with Crippen LogP contribution in [0.5, 0.6) is 0 Å². The largest absolute Gasteiger partial charge is 0.392 e. The van der Waals surface area contributed by atoms with E-state index in [1.165, 1.54) is 0 Å². The number of thiocarbonyl (C=S) groups is 1. The van der Waals surface area contributed by atoms with Crippen LogP contribution in [0, 0.1) is 12.3 Å².